The molecule has 8 nitrogen and oxygen atoms in total. The highest BCUT2D eigenvalue weighted by Crippen LogP contribution is 2.40. The molecule has 0 bridgehead atoms. The number of hydrogen-bond acceptors (Lipinski definition) is 5. The first-order valence-electron chi connectivity index (χ1n) is 9.61. The minimum absolute atomic E-state index is 0.0743. The zero-order valence-corrected chi connectivity index (χ0v) is 15.7. The fourth-order valence-corrected chi connectivity index (χ4v) is 4.16. The molecule has 1 unspecified atom stereocenters. The third kappa shape index (κ3) is 2.79. The van der Waals surface area contributed by atoms with Crippen LogP contribution in [0.3, 0.4) is 0 Å². The van der Waals surface area contributed by atoms with Crippen molar-refractivity contribution in [2.24, 2.45) is 7.05 Å². The highest BCUT2D eigenvalue weighted by atomic mass is 16.2. The second-order valence-corrected chi connectivity index (χ2v) is 7.71. The molecule has 5 rings (SSSR count). The normalized spacial score (nSPS) is 20.4. The standard InChI is InChI=1S/C19H23N7O/c1-12-17-15(10-16(13-5-6-13)21-18(17)24(2)22-12)19(27)25-8-3-4-14(11-25)26-9-7-20-23-26/h7,9-10,13-14H,3-6,8,11H2,1-2H3. The second kappa shape index (κ2) is 6.14. The number of pyridine rings is 1. The number of fused-ring (bicyclic) bond motifs is 1. The van der Waals surface area contributed by atoms with Crippen LogP contribution >= 0.6 is 0 Å². The van der Waals surface area contributed by atoms with Gasteiger partial charge in [-0.1, -0.05) is 5.21 Å². The molecule has 0 radical (unpaired) electrons. The van der Waals surface area contributed by atoms with Crippen molar-refractivity contribution in [1.82, 2.24) is 34.7 Å². The van der Waals surface area contributed by atoms with Gasteiger partial charge in [0.1, 0.15) is 0 Å². The van der Waals surface area contributed by atoms with Crippen molar-refractivity contribution in [2.45, 2.75) is 44.6 Å². The number of piperidine rings is 1. The van der Waals surface area contributed by atoms with Crippen LogP contribution in [0.2, 0.25) is 0 Å². The van der Waals surface area contributed by atoms with Crippen molar-refractivity contribution in [1.29, 1.82) is 0 Å². The molecule has 27 heavy (non-hydrogen) atoms. The van der Waals surface area contributed by atoms with Crippen LogP contribution in [-0.2, 0) is 7.05 Å². The summed E-state index contributed by atoms with van der Waals surface area (Å²) in [6.45, 7) is 3.38. The van der Waals surface area contributed by atoms with E-state index in [1.165, 1.54) is 0 Å². The number of aromatic nitrogens is 6. The van der Waals surface area contributed by atoms with Gasteiger partial charge in [0.15, 0.2) is 5.65 Å². The van der Waals surface area contributed by atoms with E-state index in [1.807, 2.05) is 35.8 Å². The van der Waals surface area contributed by atoms with E-state index >= 15 is 0 Å². The first-order chi connectivity index (χ1) is 13.1. The van der Waals surface area contributed by atoms with E-state index in [2.05, 4.69) is 15.4 Å². The van der Waals surface area contributed by atoms with Gasteiger partial charge in [-0.25, -0.2) is 9.67 Å². The minimum atomic E-state index is 0.0743. The van der Waals surface area contributed by atoms with Gasteiger partial charge in [0.2, 0.25) is 0 Å². The lowest BCUT2D eigenvalue weighted by molar-refractivity contribution is 0.0673. The maximum absolute atomic E-state index is 13.5. The largest absolute Gasteiger partial charge is 0.336 e. The molecule has 3 aromatic rings. The van der Waals surface area contributed by atoms with Crippen LogP contribution in [0.5, 0.6) is 0 Å². The molecule has 1 amide bonds. The number of rotatable bonds is 3. The number of carbonyl (C=O) groups is 1. The Balaban J connectivity index is 1.53. The maximum Gasteiger partial charge on any atom is 0.254 e. The van der Waals surface area contributed by atoms with Crippen LogP contribution in [0.1, 0.15) is 59.4 Å². The van der Waals surface area contributed by atoms with E-state index in [-0.39, 0.29) is 11.9 Å². The van der Waals surface area contributed by atoms with E-state index in [0.717, 1.165) is 60.2 Å². The highest BCUT2D eigenvalue weighted by Gasteiger charge is 2.31. The zero-order chi connectivity index (χ0) is 18.5. The molecule has 0 spiro atoms. The van der Waals surface area contributed by atoms with Crippen LogP contribution in [-0.4, -0.2) is 53.7 Å². The Morgan fingerprint density at radius 2 is 2.11 bits per heavy atom. The van der Waals surface area contributed by atoms with Gasteiger partial charge in [-0.05, 0) is 38.7 Å². The summed E-state index contributed by atoms with van der Waals surface area (Å²) >= 11 is 0. The van der Waals surface area contributed by atoms with E-state index in [9.17, 15) is 4.79 Å². The summed E-state index contributed by atoms with van der Waals surface area (Å²) in [4.78, 5) is 20.3. The Morgan fingerprint density at radius 3 is 2.85 bits per heavy atom. The van der Waals surface area contributed by atoms with Gasteiger partial charge in [0, 0.05) is 37.9 Å². The lowest BCUT2D eigenvalue weighted by atomic mass is 10.0. The van der Waals surface area contributed by atoms with Gasteiger partial charge >= 0.3 is 0 Å². The lowest BCUT2D eigenvalue weighted by Crippen LogP contribution is -2.41. The quantitative estimate of drug-likeness (QED) is 0.711. The molecule has 1 aliphatic heterocycles. The molecule has 4 heterocycles. The fourth-order valence-electron chi connectivity index (χ4n) is 4.16. The number of nitrogens with zero attached hydrogens (tertiary/aromatic N) is 7. The van der Waals surface area contributed by atoms with Crippen molar-refractivity contribution < 1.29 is 4.79 Å². The summed E-state index contributed by atoms with van der Waals surface area (Å²) in [7, 11) is 1.90. The van der Waals surface area contributed by atoms with E-state index in [1.54, 1.807) is 10.9 Å². The molecular weight excluding hydrogens is 342 g/mol. The Hall–Kier alpha value is -2.77. The van der Waals surface area contributed by atoms with Crippen molar-refractivity contribution in [2.75, 3.05) is 13.1 Å². The third-order valence-corrected chi connectivity index (χ3v) is 5.71. The Bertz CT molecular complexity index is 1000. The molecule has 8 heteroatoms. The summed E-state index contributed by atoms with van der Waals surface area (Å²) in [5.74, 6) is 0.561. The summed E-state index contributed by atoms with van der Waals surface area (Å²) in [5.41, 5.74) is 3.44. The average Bonchev–Trinajstić information content (AvgIpc) is 3.31. The van der Waals surface area contributed by atoms with Gasteiger partial charge < -0.3 is 4.90 Å². The molecular formula is C19H23N7O. The number of carbonyl (C=O) groups excluding carboxylic acids is 1. The predicted octanol–water partition coefficient (Wildman–Crippen LogP) is 2.22. The Kier molecular flexibility index (Phi) is 3.73. The summed E-state index contributed by atoms with van der Waals surface area (Å²) < 4.78 is 3.66. The van der Waals surface area contributed by atoms with Crippen molar-refractivity contribution in [3.05, 3.63) is 35.4 Å². The molecule has 2 fully saturated rings. The van der Waals surface area contributed by atoms with Crippen LogP contribution in [0.4, 0.5) is 0 Å². The molecule has 3 aromatic heterocycles. The first-order valence-corrected chi connectivity index (χ1v) is 9.61. The van der Waals surface area contributed by atoms with Gasteiger partial charge in [-0.3, -0.25) is 9.48 Å². The van der Waals surface area contributed by atoms with Crippen molar-refractivity contribution in [3.63, 3.8) is 0 Å². The number of amides is 1. The number of hydrogen-bond donors (Lipinski definition) is 0. The molecule has 0 aromatic carbocycles. The molecule has 1 atom stereocenters. The third-order valence-electron chi connectivity index (χ3n) is 5.71. The molecule has 0 N–H and O–H groups in total. The highest BCUT2D eigenvalue weighted by molar-refractivity contribution is 6.06. The van der Waals surface area contributed by atoms with E-state index in [4.69, 9.17) is 4.98 Å². The predicted molar refractivity (Wildman–Crippen MR) is 99.4 cm³/mol. The van der Waals surface area contributed by atoms with Crippen LogP contribution in [0.15, 0.2) is 18.5 Å². The molecule has 1 saturated carbocycles. The summed E-state index contributed by atoms with van der Waals surface area (Å²) in [6.07, 6.45) is 7.85. The summed E-state index contributed by atoms with van der Waals surface area (Å²) in [5, 5.41) is 13.4. The molecule has 2 aliphatic rings. The van der Waals surface area contributed by atoms with Crippen LogP contribution < -0.4 is 0 Å². The Morgan fingerprint density at radius 1 is 1.26 bits per heavy atom. The fraction of sp³-hybridized carbons (Fsp3) is 0.526. The van der Waals surface area contributed by atoms with Crippen LogP contribution in [0.25, 0.3) is 11.0 Å². The second-order valence-electron chi connectivity index (χ2n) is 7.71. The van der Waals surface area contributed by atoms with Crippen molar-refractivity contribution in [3.8, 4) is 0 Å². The smallest absolute Gasteiger partial charge is 0.254 e. The number of aryl methyl sites for hydroxylation is 2. The van der Waals surface area contributed by atoms with Crippen LogP contribution in [0, 0.1) is 6.92 Å². The van der Waals surface area contributed by atoms with Gasteiger partial charge in [0.25, 0.3) is 5.91 Å². The minimum Gasteiger partial charge on any atom is -0.336 e. The van der Waals surface area contributed by atoms with E-state index in [0.29, 0.717) is 12.5 Å². The number of likely N-dealkylation sites (tertiary alicyclic amines) is 1. The lowest BCUT2D eigenvalue weighted by Gasteiger charge is -2.32. The monoisotopic (exact) mass is 365 g/mol. The topological polar surface area (TPSA) is 81.7 Å². The molecule has 1 aliphatic carbocycles. The summed E-state index contributed by atoms with van der Waals surface area (Å²) in [6, 6.07) is 2.19. The first kappa shape index (κ1) is 16.4. The average molecular weight is 365 g/mol. The maximum atomic E-state index is 13.5. The van der Waals surface area contributed by atoms with Gasteiger partial charge in [0.05, 0.1) is 28.9 Å². The molecule has 1 saturated heterocycles. The van der Waals surface area contributed by atoms with Crippen molar-refractivity contribution >= 4 is 16.9 Å². The van der Waals surface area contributed by atoms with Gasteiger partial charge in [-0.15, -0.1) is 5.10 Å². The Labute approximate surface area is 157 Å². The van der Waals surface area contributed by atoms with E-state index < -0.39 is 0 Å². The van der Waals surface area contributed by atoms with Gasteiger partial charge in [-0.2, -0.15) is 5.10 Å². The SMILES string of the molecule is Cc1nn(C)c2nc(C3CC3)cc(C(=O)N3CCCC(n4ccnn4)C3)c12. The molecule has 140 valence electrons. The zero-order valence-electron chi connectivity index (χ0n) is 15.7.